The van der Waals surface area contributed by atoms with Crippen LogP contribution in [0.1, 0.15) is 6.92 Å². The van der Waals surface area contributed by atoms with Crippen molar-refractivity contribution in [3.8, 4) is 0 Å². The number of halogens is 3. The molecule has 0 unspecified atom stereocenters. The molecule has 0 aliphatic heterocycles. The summed E-state index contributed by atoms with van der Waals surface area (Å²) in [6.45, 7) is 1.24. The van der Waals surface area contributed by atoms with Gasteiger partial charge in [0.25, 0.3) is 0 Å². The van der Waals surface area contributed by atoms with Gasteiger partial charge in [-0.2, -0.15) is 18.3 Å². The zero-order chi connectivity index (χ0) is 9.78. The number of nitrogens with one attached hydrogen (secondary N) is 1. The van der Waals surface area contributed by atoms with Crippen LogP contribution >= 0.6 is 0 Å². The molecule has 0 bridgehead atoms. The zero-order valence-corrected chi connectivity index (χ0v) is 7.03. The summed E-state index contributed by atoms with van der Waals surface area (Å²) in [7, 11) is 2.50. The third-order valence-electron chi connectivity index (χ3n) is 1.11. The highest BCUT2D eigenvalue weighted by molar-refractivity contribution is 6.43. The lowest BCUT2D eigenvalue weighted by atomic mass is 10.2. The molecule has 0 saturated carbocycles. The lowest BCUT2D eigenvalue weighted by molar-refractivity contribution is -0.0567. The zero-order valence-electron chi connectivity index (χ0n) is 7.03. The molecule has 0 atom stereocenters. The second-order valence-corrected chi connectivity index (χ2v) is 1.99. The van der Waals surface area contributed by atoms with Gasteiger partial charge in [-0.05, 0) is 6.92 Å². The first kappa shape index (κ1) is 10.9. The number of rotatable bonds is 2. The number of hydrazone groups is 1. The largest absolute Gasteiger partial charge is 0.434 e. The minimum absolute atomic E-state index is 0.174. The Morgan fingerprint density at radius 3 is 2.08 bits per heavy atom. The molecular formula is C6H10F3N3. The number of aliphatic imine (C=N–C) groups is 1. The molecule has 12 heavy (non-hydrogen) atoms. The van der Waals surface area contributed by atoms with Gasteiger partial charge in [0.1, 0.15) is 0 Å². The highest BCUT2D eigenvalue weighted by Crippen LogP contribution is 2.17. The van der Waals surface area contributed by atoms with E-state index >= 15 is 0 Å². The van der Waals surface area contributed by atoms with Gasteiger partial charge in [-0.3, -0.25) is 4.99 Å². The van der Waals surface area contributed by atoms with Crippen LogP contribution in [0.15, 0.2) is 10.1 Å². The molecular weight excluding hydrogens is 171 g/mol. The van der Waals surface area contributed by atoms with Gasteiger partial charge in [-0.25, -0.2) is 0 Å². The van der Waals surface area contributed by atoms with Gasteiger partial charge < -0.3 is 5.43 Å². The van der Waals surface area contributed by atoms with Crippen LogP contribution < -0.4 is 5.43 Å². The van der Waals surface area contributed by atoms with Crippen molar-refractivity contribution in [2.24, 2.45) is 10.1 Å². The molecule has 3 nitrogen and oxygen atoms in total. The van der Waals surface area contributed by atoms with E-state index in [9.17, 15) is 13.2 Å². The molecule has 0 fully saturated rings. The summed E-state index contributed by atoms with van der Waals surface area (Å²) in [4.78, 5) is 3.10. The number of alkyl halides is 3. The predicted molar refractivity (Wildman–Crippen MR) is 41.6 cm³/mol. The van der Waals surface area contributed by atoms with Crippen LogP contribution in [-0.2, 0) is 0 Å². The SMILES string of the molecule is CN=C(/C(C)=N\NC)C(F)(F)F. The molecule has 0 amide bonds. The number of hydrogen-bond donors (Lipinski definition) is 1. The highest BCUT2D eigenvalue weighted by Gasteiger charge is 2.36. The van der Waals surface area contributed by atoms with E-state index in [1.54, 1.807) is 0 Å². The molecule has 0 aromatic heterocycles. The number of hydrogen-bond acceptors (Lipinski definition) is 3. The fraction of sp³-hybridized carbons (Fsp3) is 0.667. The van der Waals surface area contributed by atoms with Crippen molar-refractivity contribution in [2.45, 2.75) is 13.1 Å². The Kier molecular flexibility index (Phi) is 3.72. The van der Waals surface area contributed by atoms with Gasteiger partial charge in [0.15, 0.2) is 5.71 Å². The second kappa shape index (κ2) is 4.08. The van der Waals surface area contributed by atoms with E-state index < -0.39 is 11.9 Å². The minimum atomic E-state index is -4.43. The quantitative estimate of drug-likeness (QED) is 0.504. The molecule has 0 spiro atoms. The van der Waals surface area contributed by atoms with Crippen molar-refractivity contribution < 1.29 is 13.2 Å². The average molecular weight is 181 g/mol. The van der Waals surface area contributed by atoms with Crippen LogP contribution in [0.25, 0.3) is 0 Å². The Morgan fingerprint density at radius 1 is 1.33 bits per heavy atom. The Morgan fingerprint density at radius 2 is 1.83 bits per heavy atom. The smallest absolute Gasteiger partial charge is 0.313 e. The molecule has 0 heterocycles. The van der Waals surface area contributed by atoms with Crippen LogP contribution in [0.3, 0.4) is 0 Å². The minimum Gasteiger partial charge on any atom is -0.313 e. The second-order valence-electron chi connectivity index (χ2n) is 1.99. The lowest BCUT2D eigenvalue weighted by Gasteiger charge is -2.08. The molecule has 1 N–H and O–H groups in total. The van der Waals surface area contributed by atoms with E-state index in [1.165, 1.54) is 14.0 Å². The summed E-state index contributed by atoms with van der Waals surface area (Å²) in [5, 5.41) is 3.38. The normalized spacial score (nSPS) is 14.8. The average Bonchev–Trinajstić information content (AvgIpc) is 1.85. The summed E-state index contributed by atoms with van der Waals surface area (Å²) in [6.07, 6.45) is -4.43. The van der Waals surface area contributed by atoms with Crippen LogP contribution in [0.2, 0.25) is 0 Å². The lowest BCUT2D eigenvalue weighted by Crippen LogP contribution is -2.30. The maximum absolute atomic E-state index is 12.1. The van der Waals surface area contributed by atoms with E-state index in [0.717, 1.165) is 7.05 Å². The van der Waals surface area contributed by atoms with Crippen molar-refractivity contribution in [3.05, 3.63) is 0 Å². The van der Waals surface area contributed by atoms with Gasteiger partial charge in [-0.1, -0.05) is 0 Å². The molecule has 0 saturated heterocycles. The van der Waals surface area contributed by atoms with Gasteiger partial charge in [-0.15, -0.1) is 0 Å². The summed E-state index contributed by atoms with van der Waals surface area (Å²) < 4.78 is 36.2. The van der Waals surface area contributed by atoms with Gasteiger partial charge in [0, 0.05) is 14.1 Å². The van der Waals surface area contributed by atoms with Crippen molar-refractivity contribution in [3.63, 3.8) is 0 Å². The Balaban J connectivity index is 4.72. The molecule has 0 aliphatic carbocycles. The molecule has 0 rings (SSSR count). The first-order valence-electron chi connectivity index (χ1n) is 3.18. The summed E-state index contributed by atoms with van der Waals surface area (Å²) in [6, 6.07) is 0. The van der Waals surface area contributed by atoms with E-state index in [0.29, 0.717) is 0 Å². The Bertz CT molecular complexity index is 205. The summed E-state index contributed by atoms with van der Waals surface area (Å²) >= 11 is 0. The highest BCUT2D eigenvalue weighted by atomic mass is 19.4. The molecule has 70 valence electrons. The van der Waals surface area contributed by atoms with E-state index in [2.05, 4.69) is 15.5 Å². The Hall–Kier alpha value is -1.07. The predicted octanol–water partition coefficient (Wildman–Crippen LogP) is 1.21. The third kappa shape index (κ3) is 2.89. The van der Waals surface area contributed by atoms with Crippen LogP contribution in [0, 0.1) is 0 Å². The first-order valence-corrected chi connectivity index (χ1v) is 3.18. The standard InChI is InChI=1S/C6H10F3N3/c1-4(12-11-3)5(10-2)6(7,8)9/h11H,1-3H3/b10-5?,12-4-. The topological polar surface area (TPSA) is 36.8 Å². The van der Waals surface area contributed by atoms with Crippen molar-refractivity contribution >= 4 is 11.4 Å². The van der Waals surface area contributed by atoms with Crippen molar-refractivity contribution in [1.82, 2.24) is 5.43 Å². The fourth-order valence-electron chi connectivity index (χ4n) is 0.714. The van der Waals surface area contributed by atoms with E-state index in [-0.39, 0.29) is 5.71 Å². The molecule has 0 aromatic rings. The maximum atomic E-state index is 12.1. The molecule has 6 heteroatoms. The van der Waals surface area contributed by atoms with Gasteiger partial charge in [0.05, 0.1) is 5.71 Å². The van der Waals surface area contributed by atoms with E-state index in [1.807, 2.05) is 0 Å². The van der Waals surface area contributed by atoms with Crippen molar-refractivity contribution in [2.75, 3.05) is 14.1 Å². The molecule has 0 radical (unpaired) electrons. The summed E-state index contributed by atoms with van der Waals surface area (Å²) in [5.41, 5.74) is 1.13. The third-order valence-corrected chi connectivity index (χ3v) is 1.11. The van der Waals surface area contributed by atoms with Gasteiger partial charge >= 0.3 is 6.18 Å². The van der Waals surface area contributed by atoms with E-state index in [4.69, 9.17) is 0 Å². The molecule has 0 aliphatic rings. The van der Waals surface area contributed by atoms with Gasteiger partial charge in [0.2, 0.25) is 0 Å². The Labute approximate surface area is 68.4 Å². The van der Waals surface area contributed by atoms with Crippen LogP contribution in [0.5, 0.6) is 0 Å². The monoisotopic (exact) mass is 181 g/mol. The molecule has 0 aromatic carbocycles. The van der Waals surface area contributed by atoms with Crippen LogP contribution in [-0.4, -0.2) is 31.7 Å². The maximum Gasteiger partial charge on any atom is 0.434 e. The number of nitrogens with zero attached hydrogens (tertiary/aromatic N) is 2. The van der Waals surface area contributed by atoms with Crippen molar-refractivity contribution in [1.29, 1.82) is 0 Å². The first-order chi connectivity index (χ1) is 5.43. The summed E-state index contributed by atoms with van der Waals surface area (Å²) in [5.74, 6) is 0. The fourth-order valence-corrected chi connectivity index (χ4v) is 0.714. The van der Waals surface area contributed by atoms with Crippen LogP contribution in [0.4, 0.5) is 13.2 Å².